The number of hydrogen-bond donors (Lipinski definition) is 1. The first-order chi connectivity index (χ1) is 12.9. The molecule has 0 radical (unpaired) electrons. The van der Waals surface area contributed by atoms with Crippen molar-refractivity contribution >= 4 is 26.9 Å². The summed E-state index contributed by atoms with van der Waals surface area (Å²) in [4.78, 5) is 18.0. The zero-order valence-electron chi connectivity index (χ0n) is 15.2. The molecule has 0 amide bonds. The van der Waals surface area contributed by atoms with Crippen LogP contribution >= 0.6 is 0 Å². The number of piperazine rings is 1. The highest BCUT2D eigenvalue weighted by Crippen LogP contribution is 2.36. The first-order valence-corrected chi connectivity index (χ1v) is 10.6. The fourth-order valence-electron chi connectivity index (χ4n) is 3.88. The van der Waals surface area contributed by atoms with Gasteiger partial charge in [-0.3, -0.25) is 14.7 Å². The lowest BCUT2D eigenvalue weighted by atomic mass is 10.1. The van der Waals surface area contributed by atoms with Crippen LogP contribution < -0.4 is 0 Å². The van der Waals surface area contributed by atoms with Gasteiger partial charge < -0.3 is 5.11 Å². The lowest BCUT2D eigenvalue weighted by Crippen LogP contribution is -2.54. The Morgan fingerprint density at radius 2 is 1.93 bits per heavy atom. The molecule has 8 heteroatoms. The molecule has 4 rings (SSSR count). The largest absolute Gasteiger partial charge is 0.480 e. The van der Waals surface area contributed by atoms with Gasteiger partial charge in [-0.1, -0.05) is 12.1 Å². The number of sulfonamides is 1. The predicted molar refractivity (Wildman–Crippen MR) is 101 cm³/mol. The molecule has 1 aliphatic heterocycles. The van der Waals surface area contributed by atoms with E-state index in [1.54, 1.807) is 18.3 Å². The molecule has 1 atom stereocenters. The minimum atomic E-state index is -3.68. The number of para-hydroxylation sites is 1. The van der Waals surface area contributed by atoms with Crippen molar-refractivity contribution in [3.63, 3.8) is 0 Å². The minimum absolute atomic E-state index is 0.205. The molecule has 2 aromatic rings. The van der Waals surface area contributed by atoms with E-state index < -0.39 is 22.0 Å². The molecular weight excluding hydrogens is 366 g/mol. The summed E-state index contributed by atoms with van der Waals surface area (Å²) in [6, 6.07) is 6.62. The van der Waals surface area contributed by atoms with Crippen molar-refractivity contribution in [3.8, 4) is 0 Å². The summed E-state index contributed by atoms with van der Waals surface area (Å²) < 4.78 is 27.8. The van der Waals surface area contributed by atoms with Gasteiger partial charge in [0.05, 0.1) is 5.52 Å². The SMILES string of the molecule is Cc1cnc2c(S(=O)(=O)N3CCN(C(C(=O)O)C4CC4)CC3)cccc2c1. The van der Waals surface area contributed by atoms with E-state index in [0.717, 1.165) is 23.8 Å². The number of benzene rings is 1. The monoisotopic (exact) mass is 389 g/mol. The van der Waals surface area contributed by atoms with Crippen LogP contribution in [0.4, 0.5) is 0 Å². The number of pyridine rings is 1. The van der Waals surface area contributed by atoms with Crippen LogP contribution in [-0.4, -0.2) is 65.9 Å². The van der Waals surface area contributed by atoms with Gasteiger partial charge in [0.1, 0.15) is 10.9 Å². The summed E-state index contributed by atoms with van der Waals surface area (Å²) in [6.45, 7) is 3.38. The summed E-state index contributed by atoms with van der Waals surface area (Å²) >= 11 is 0. The Labute approximate surface area is 158 Å². The van der Waals surface area contributed by atoms with Crippen LogP contribution in [0.15, 0.2) is 35.4 Å². The predicted octanol–water partition coefficient (Wildman–Crippen LogP) is 1.71. The molecule has 1 saturated heterocycles. The van der Waals surface area contributed by atoms with Crippen molar-refractivity contribution in [1.29, 1.82) is 0 Å². The van der Waals surface area contributed by atoms with E-state index in [1.807, 2.05) is 24.0 Å². The number of fused-ring (bicyclic) bond motifs is 1. The molecule has 27 heavy (non-hydrogen) atoms. The van der Waals surface area contributed by atoms with Gasteiger partial charge in [0.25, 0.3) is 0 Å². The van der Waals surface area contributed by atoms with Crippen LogP contribution in [0, 0.1) is 12.8 Å². The Kier molecular flexibility index (Phi) is 4.65. The van der Waals surface area contributed by atoms with Crippen LogP contribution in [-0.2, 0) is 14.8 Å². The molecular formula is C19H23N3O4S. The molecule has 0 spiro atoms. The lowest BCUT2D eigenvalue weighted by molar-refractivity contribution is -0.144. The third-order valence-electron chi connectivity index (χ3n) is 5.42. The number of carbonyl (C=O) groups is 1. The lowest BCUT2D eigenvalue weighted by Gasteiger charge is -2.37. The number of nitrogens with zero attached hydrogens (tertiary/aromatic N) is 3. The van der Waals surface area contributed by atoms with E-state index in [2.05, 4.69) is 4.98 Å². The summed E-state index contributed by atoms with van der Waals surface area (Å²) in [7, 11) is -3.68. The summed E-state index contributed by atoms with van der Waals surface area (Å²) in [5, 5.41) is 10.3. The highest BCUT2D eigenvalue weighted by Gasteiger charge is 2.42. The summed E-state index contributed by atoms with van der Waals surface area (Å²) in [6.07, 6.45) is 3.56. The Morgan fingerprint density at radius 1 is 1.22 bits per heavy atom. The standard InChI is InChI=1S/C19H23N3O4S/c1-13-11-15-3-2-4-16(17(15)20-12-13)27(25,26)22-9-7-21(8-10-22)18(19(23)24)14-5-6-14/h2-4,11-12,14,18H,5-10H2,1H3,(H,23,24). The normalized spacial score (nSPS) is 20.6. The number of aryl methyl sites for hydroxylation is 1. The fourth-order valence-corrected chi connectivity index (χ4v) is 5.47. The van der Waals surface area contributed by atoms with Crippen molar-refractivity contribution < 1.29 is 18.3 Å². The Morgan fingerprint density at radius 3 is 2.56 bits per heavy atom. The molecule has 2 heterocycles. The second kappa shape index (κ2) is 6.85. The number of carboxylic acids is 1. The van der Waals surface area contributed by atoms with Gasteiger partial charge in [0.2, 0.25) is 10.0 Å². The molecule has 1 aliphatic carbocycles. The van der Waals surface area contributed by atoms with Crippen molar-refractivity contribution in [2.45, 2.75) is 30.7 Å². The van der Waals surface area contributed by atoms with Gasteiger partial charge in [-0.05, 0) is 43.4 Å². The van der Waals surface area contributed by atoms with E-state index in [-0.39, 0.29) is 10.8 Å². The molecule has 7 nitrogen and oxygen atoms in total. The van der Waals surface area contributed by atoms with E-state index in [0.29, 0.717) is 31.7 Å². The molecule has 2 aliphatic rings. The van der Waals surface area contributed by atoms with Crippen molar-refractivity contribution in [3.05, 3.63) is 36.0 Å². The van der Waals surface area contributed by atoms with Crippen molar-refractivity contribution in [2.75, 3.05) is 26.2 Å². The zero-order valence-corrected chi connectivity index (χ0v) is 16.0. The van der Waals surface area contributed by atoms with Gasteiger partial charge in [0.15, 0.2) is 0 Å². The van der Waals surface area contributed by atoms with Crippen LogP contribution in [0.25, 0.3) is 10.9 Å². The third kappa shape index (κ3) is 3.44. The number of rotatable bonds is 5. The Hall–Kier alpha value is -2.03. The van der Waals surface area contributed by atoms with Crippen LogP contribution in [0.5, 0.6) is 0 Å². The highest BCUT2D eigenvalue weighted by atomic mass is 32.2. The quantitative estimate of drug-likeness (QED) is 0.837. The molecule has 144 valence electrons. The number of aromatic nitrogens is 1. The molecule has 1 aromatic carbocycles. The first kappa shape index (κ1) is 18.3. The van der Waals surface area contributed by atoms with Crippen molar-refractivity contribution in [1.82, 2.24) is 14.2 Å². The summed E-state index contributed by atoms with van der Waals surface area (Å²) in [5.74, 6) is -0.599. The van der Waals surface area contributed by atoms with Gasteiger partial charge in [-0.15, -0.1) is 0 Å². The van der Waals surface area contributed by atoms with Gasteiger partial charge in [0, 0.05) is 37.8 Å². The molecule has 2 fully saturated rings. The van der Waals surface area contributed by atoms with Crippen LogP contribution in [0.2, 0.25) is 0 Å². The zero-order chi connectivity index (χ0) is 19.2. The van der Waals surface area contributed by atoms with Crippen LogP contribution in [0.3, 0.4) is 0 Å². The summed E-state index contributed by atoms with van der Waals surface area (Å²) in [5.41, 5.74) is 1.46. The molecule has 1 aromatic heterocycles. The maximum absolute atomic E-state index is 13.2. The van der Waals surface area contributed by atoms with Gasteiger partial charge in [-0.2, -0.15) is 4.31 Å². The highest BCUT2D eigenvalue weighted by molar-refractivity contribution is 7.89. The molecule has 0 bridgehead atoms. The third-order valence-corrected chi connectivity index (χ3v) is 7.35. The number of hydrogen-bond acceptors (Lipinski definition) is 5. The average molecular weight is 389 g/mol. The maximum atomic E-state index is 13.2. The Bertz CT molecular complexity index is 980. The second-order valence-electron chi connectivity index (χ2n) is 7.40. The smallest absolute Gasteiger partial charge is 0.321 e. The second-order valence-corrected chi connectivity index (χ2v) is 9.31. The number of carboxylic acid groups (broad SMARTS) is 1. The maximum Gasteiger partial charge on any atom is 0.321 e. The number of aliphatic carboxylic acids is 1. The Balaban J connectivity index is 1.57. The van der Waals surface area contributed by atoms with E-state index >= 15 is 0 Å². The first-order valence-electron chi connectivity index (χ1n) is 9.20. The molecule has 1 N–H and O–H groups in total. The van der Waals surface area contributed by atoms with Gasteiger partial charge >= 0.3 is 5.97 Å². The van der Waals surface area contributed by atoms with E-state index in [4.69, 9.17) is 0 Å². The topological polar surface area (TPSA) is 90.8 Å². The van der Waals surface area contributed by atoms with Gasteiger partial charge in [-0.25, -0.2) is 8.42 Å². The van der Waals surface area contributed by atoms with E-state index in [1.165, 1.54) is 4.31 Å². The fraction of sp³-hybridized carbons (Fsp3) is 0.474. The molecule has 1 saturated carbocycles. The minimum Gasteiger partial charge on any atom is -0.480 e. The van der Waals surface area contributed by atoms with Crippen molar-refractivity contribution in [2.24, 2.45) is 5.92 Å². The van der Waals surface area contributed by atoms with Crippen LogP contribution in [0.1, 0.15) is 18.4 Å². The molecule has 1 unspecified atom stereocenters. The average Bonchev–Trinajstić information content (AvgIpc) is 3.46. The van der Waals surface area contributed by atoms with E-state index in [9.17, 15) is 18.3 Å².